The third-order valence-electron chi connectivity index (χ3n) is 5.28. The van der Waals surface area contributed by atoms with Crippen molar-refractivity contribution in [3.8, 4) is 0 Å². The van der Waals surface area contributed by atoms with E-state index in [1.807, 2.05) is 25.1 Å². The second-order valence-electron chi connectivity index (χ2n) is 7.41. The molecule has 4 rings (SSSR count). The van der Waals surface area contributed by atoms with Gasteiger partial charge in [-0.05, 0) is 38.2 Å². The Balaban J connectivity index is 1.49. The molecule has 2 heterocycles. The number of carbonyl (C=O) groups is 1. The van der Waals surface area contributed by atoms with Crippen molar-refractivity contribution >= 4 is 22.8 Å². The molecule has 3 N–H and O–H groups in total. The minimum absolute atomic E-state index is 0.210. The first-order chi connectivity index (χ1) is 14.1. The van der Waals surface area contributed by atoms with Crippen LogP contribution in [0.2, 0.25) is 0 Å². The highest BCUT2D eigenvalue weighted by Crippen LogP contribution is 2.23. The number of aliphatic hydroxyl groups excluding tert-OH is 1. The topological polar surface area (TPSA) is 113 Å². The Morgan fingerprint density at radius 2 is 2.10 bits per heavy atom. The number of nitrogens with one attached hydrogen (secondary N) is 2. The Labute approximate surface area is 168 Å². The van der Waals surface area contributed by atoms with Crippen molar-refractivity contribution in [1.82, 2.24) is 20.4 Å². The second-order valence-corrected chi connectivity index (χ2v) is 7.41. The summed E-state index contributed by atoms with van der Waals surface area (Å²) >= 11 is 0. The smallest absolute Gasteiger partial charge is 0.253 e. The van der Waals surface area contributed by atoms with Crippen molar-refractivity contribution in [2.24, 2.45) is 0 Å². The Hall–Kier alpha value is -3.00. The van der Waals surface area contributed by atoms with E-state index in [1.165, 1.54) is 0 Å². The molecule has 29 heavy (non-hydrogen) atoms. The van der Waals surface area contributed by atoms with E-state index in [1.54, 1.807) is 12.3 Å². The van der Waals surface area contributed by atoms with Gasteiger partial charge in [0.1, 0.15) is 0 Å². The molecule has 1 saturated carbocycles. The summed E-state index contributed by atoms with van der Waals surface area (Å²) in [5.41, 5.74) is 1.95. The monoisotopic (exact) mass is 395 g/mol. The van der Waals surface area contributed by atoms with E-state index < -0.39 is 0 Å². The Kier molecular flexibility index (Phi) is 5.71. The van der Waals surface area contributed by atoms with E-state index in [0.717, 1.165) is 43.2 Å². The van der Waals surface area contributed by atoms with E-state index in [9.17, 15) is 9.90 Å². The van der Waals surface area contributed by atoms with Crippen LogP contribution in [0.3, 0.4) is 0 Å². The van der Waals surface area contributed by atoms with Crippen LogP contribution in [0.1, 0.15) is 54.4 Å². The van der Waals surface area contributed by atoms with Gasteiger partial charge in [0.05, 0.1) is 29.4 Å². The summed E-state index contributed by atoms with van der Waals surface area (Å²) in [7, 11) is 0. The maximum atomic E-state index is 12.8. The Morgan fingerprint density at radius 1 is 1.28 bits per heavy atom. The number of hydrogen-bond acceptors (Lipinski definition) is 7. The number of rotatable bonds is 6. The van der Waals surface area contributed by atoms with Crippen LogP contribution >= 0.6 is 0 Å². The summed E-state index contributed by atoms with van der Waals surface area (Å²) in [6.45, 7) is 2.26. The molecule has 8 nitrogen and oxygen atoms in total. The number of benzene rings is 1. The van der Waals surface area contributed by atoms with Crippen LogP contribution in [0.4, 0.5) is 5.95 Å². The number of anilines is 1. The molecular formula is C21H25N5O3. The average molecular weight is 395 g/mol. The van der Waals surface area contributed by atoms with Crippen LogP contribution < -0.4 is 10.6 Å². The molecule has 0 unspecified atom stereocenters. The van der Waals surface area contributed by atoms with Gasteiger partial charge < -0.3 is 20.3 Å². The third-order valence-corrected chi connectivity index (χ3v) is 5.28. The number of nitrogens with zero attached hydrogens (tertiary/aromatic N) is 3. The maximum Gasteiger partial charge on any atom is 0.253 e. The van der Waals surface area contributed by atoms with E-state index in [0.29, 0.717) is 22.8 Å². The van der Waals surface area contributed by atoms with Crippen LogP contribution in [0.15, 0.2) is 35.0 Å². The highest BCUT2D eigenvalue weighted by Gasteiger charge is 2.20. The minimum atomic E-state index is -0.226. The van der Waals surface area contributed by atoms with Crippen molar-refractivity contribution < 1.29 is 14.4 Å². The lowest BCUT2D eigenvalue weighted by atomic mass is 9.93. The lowest BCUT2D eigenvalue weighted by molar-refractivity contribution is 0.0948. The lowest BCUT2D eigenvalue weighted by Gasteiger charge is -2.26. The van der Waals surface area contributed by atoms with E-state index >= 15 is 0 Å². The molecule has 0 spiro atoms. The van der Waals surface area contributed by atoms with Gasteiger partial charge in [0, 0.05) is 23.7 Å². The SMILES string of the molecule is CCc1cc(CNC(=O)c2cccc3cnc(N[C@H]4CC[C@H](O)CC4)nc23)on1. The predicted octanol–water partition coefficient (Wildman–Crippen LogP) is 2.83. The van der Waals surface area contributed by atoms with Gasteiger partial charge in [-0.15, -0.1) is 0 Å². The molecule has 8 heteroatoms. The summed E-state index contributed by atoms with van der Waals surface area (Å²) < 4.78 is 5.22. The van der Waals surface area contributed by atoms with Crippen molar-refractivity contribution in [1.29, 1.82) is 0 Å². The number of hydrogen-bond donors (Lipinski definition) is 3. The molecule has 1 aliphatic carbocycles. The van der Waals surface area contributed by atoms with Gasteiger partial charge in [-0.25, -0.2) is 9.97 Å². The molecule has 0 radical (unpaired) electrons. The van der Waals surface area contributed by atoms with Gasteiger partial charge in [-0.3, -0.25) is 4.79 Å². The molecule has 1 aromatic carbocycles. The number of para-hydroxylation sites is 1. The van der Waals surface area contributed by atoms with Gasteiger partial charge in [-0.2, -0.15) is 0 Å². The molecule has 0 aliphatic heterocycles. The van der Waals surface area contributed by atoms with Gasteiger partial charge >= 0.3 is 0 Å². The first-order valence-electron chi connectivity index (χ1n) is 10.1. The quantitative estimate of drug-likeness (QED) is 0.588. The minimum Gasteiger partial charge on any atom is -0.393 e. The molecule has 0 atom stereocenters. The molecular weight excluding hydrogens is 370 g/mol. The van der Waals surface area contributed by atoms with Crippen LogP contribution in [-0.2, 0) is 13.0 Å². The lowest BCUT2D eigenvalue weighted by Crippen LogP contribution is -2.29. The summed E-state index contributed by atoms with van der Waals surface area (Å²) in [5.74, 6) is 0.893. The van der Waals surface area contributed by atoms with Crippen LogP contribution in [0, 0.1) is 0 Å². The number of aryl methyl sites for hydroxylation is 1. The standard InChI is InChI=1S/C21H25N5O3/c1-2-14-10-17(29-26-14)12-22-20(28)18-5-3-4-13-11-23-21(25-19(13)18)24-15-6-8-16(27)9-7-15/h3-5,10-11,15-16,27H,2,6-9,12H2,1H3,(H,22,28)(H,23,24,25)/t15-,16-. The number of amides is 1. The molecule has 2 aromatic heterocycles. The fourth-order valence-electron chi connectivity index (χ4n) is 3.58. The fraction of sp³-hybridized carbons (Fsp3) is 0.429. The first-order valence-corrected chi connectivity index (χ1v) is 10.1. The van der Waals surface area contributed by atoms with Gasteiger partial charge in [0.15, 0.2) is 5.76 Å². The molecule has 0 saturated heterocycles. The van der Waals surface area contributed by atoms with E-state index in [2.05, 4.69) is 25.8 Å². The van der Waals surface area contributed by atoms with E-state index in [-0.39, 0.29) is 24.6 Å². The zero-order valence-electron chi connectivity index (χ0n) is 16.4. The number of aromatic nitrogens is 3. The molecule has 1 amide bonds. The molecule has 152 valence electrons. The highest BCUT2D eigenvalue weighted by atomic mass is 16.5. The van der Waals surface area contributed by atoms with Gasteiger partial charge in [0.25, 0.3) is 5.91 Å². The van der Waals surface area contributed by atoms with Crippen molar-refractivity contribution in [2.45, 2.75) is 57.7 Å². The Morgan fingerprint density at radius 3 is 2.86 bits per heavy atom. The summed E-state index contributed by atoms with van der Waals surface area (Å²) in [5, 5.41) is 20.6. The van der Waals surface area contributed by atoms with Crippen molar-refractivity contribution in [3.05, 3.63) is 47.5 Å². The zero-order chi connectivity index (χ0) is 20.2. The van der Waals surface area contributed by atoms with Crippen molar-refractivity contribution in [3.63, 3.8) is 0 Å². The Bertz CT molecular complexity index is 995. The highest BCUT2D eigenvalue weighted by molar-refractivity contribution is 6.05. The third kappa shape index (κ3) is 4.54. The zero-order valence-corrected chi connectivity index (χ0v) is 16.4. The fourth-order valence-corrected chi connectivity index (χ4v) is 3.58. The van der Waals surface area contributed by atoms with Crippen LogP contribution in [0.25, 0.3) is 10.9 Å². The first kappa shape index (κ1) is 19.3. The van der Waals surface area contributed by atoms with Gasteiger partial charge in [-0.1, -0.05) is 24.2 Å². The second kappa shape index (κ2) is 8.57. The van der Waals surface area contributed by atoms with Crippen LogP contribution in [0.5, 0.6) is 0 Å². The predicted molar refractivity (Wildman–Crippen MR) is 108 cm³/mol. The molecule has 0 bridgehead atoms. The van der Waals surface area contributed by atoms with Crippen molar-refractivity contribution in [2.75, 3.05) is 5.32 Å². The normalized spacial score (nSPS) is 19.2. The summed E-state index contributed by atoms with van der Waals surface area (Å²) in [6.07, 6.45) is 5.61. The number of aliphatic hydroxyl groups is 1. The van der Waals surface area contributed by atoms with Gasteiger partial charge in [0.2, 0.25) is 5.95 Å². The summed E-state index contributed by atoms with van der Waals surface area (Å²) in [4.78, 5) is 21.8. The van der Waals surface area contributed by atoms with Crippen LogP contribution in [-0.4, -0.2) is 38.3 Å². The maximum absolute atomic E-state index is 12.8. The largest absolute Gasteiger partial charge is 0.393 e. The number of carbonyl (C=O) groups excluding carboxylic acids is 1. The molecule has 3 aromatic rings. The number of fused-ring (bicyclic) bond motifs is 1. The average Bonchev–Trinajstić information content (AvgIpc) is 3.21. The molecule has 1 aliphatic rings. The molecule has 1 fully saturated rings. The summed E-state index contributed by atoms with van der Waals surface area (Å²) in [6, 6.07) is 7.53. The van der Waals surface area contributed by atoms with E-state index in [4.69, 9.17) is 4.52 Å².